The molecule has 1 aliphatic rings. The second kappa shape index (κ2) is 3.47. The maximum atomic E-state index is 10.8. The van der Waals surface area contributed by atoms with Gasteiger partial charge in [-0.1, -0.05) is 11.6 Å². The first-order chi connectivity index (χ1) is 6.27. The summed E-state index contributed by atoms with van der Waals surface area (Å²) < 4.78 is 5.22. The van der Waals surface area contributed by atoms with Gasteiger partial charge in [-0.3, -0.25) is 4.98 Å². The molecule has 0 spiro atoms. The highest BCUT2D eigenvalue weighted by molar-refractivity contribution is 6.30. The van der Waals surface area contributed by atoms with Crippen LogP contribution in [0, 0.1) is 0 Å². The van der Waals surface area contributed by atoms with E-state index < -0.39 is 5.69 Å². The van der Waals surface area contributed by atoms with Crippen molar-refractivity contribution >= 4 is 11.6 Å². The third kappa shape index (κ3) is 1.73. The number of H-pyrrole nitrogens is 1. The standard InChI is InChI=1S/C8H9ClN2O2/c9-7-6(3-10-8(12)11-7)5-1-2-13-4-5/h3,5H,1-2,4H2,(H,10,11,12). The fourth-order valence-corrected chi connectivity index (χ4v) is 1.73. The Morgan fingerprint density at radius 3 is 3.15 bits per heavy atom. The molecule has 5 heteroatoms. The van der Waals surface area contributed by atoms with Crippen LogP contribution in [0.25, 0.3) is 0 Å². The molecule has 1 unspecified atom stereocenters. The summed E-state index contributed by atoms with van der Waals surface area (Å²) >= 11 is 5.86. The molecule has 0 saturated carbocycles. The second-order valence-electron chi connectivity index (χ2n) is 3.02. The Kier molecular flexibility index (Phi) is 2.33. The molecule has 0 aliphatic carbocycles. The van der Waals surface area contributed by atoms with Gasteiger partial charge in [0, 0.05) is 24.3 Å². The summed E-state index contributed by atoms with van der Waals surface area (Å²) in [6.45, 7) is 1.41. The van der Waals surface area contributed by atoms with Crippen molar-refractivity contribution in [2.24, 2.45) is 0 Å². The summed E-state index contributed by atoms with van der Waals surface area (Å²) in [4.78, 5) is 16.9. The minimum absolute atomic E-state index is 0.275. The van der Waals surface area contributed by atoms with Gasteiger partial charge in [0.15, 0.2) is 0 Å². The number of nitrogens with zero attached hydrogens (tertiary/aromatic N) is 1. The Morgan fingerprint density at radius 2 is 2.54 bits per heavy atom. The van der Waals surface area contributed by atoms with Gasteiger partial charge in [-0.05, 0) is 6.42 Å². The molecular weight excluding hydrogens is 192 g/mol. The second-order valence-corrected chi connectivity index (χ2v) is 3.40. The maximum Gasteiger partial charge on any atom is 0.346 e. The minimum Gasteiger partial charge on any atom is -0.381 e. The highest BCUT2D eigenvalue weighted by atomic mass is 35.5. The molecular formula is C8H9ClN2O2. The van der Waals surface area contributed by atoms with E-state index in [9.17, 15) is 4.79 Å². The van der Waals surface area contributed by atoms with Crippen LogP contribution in [0.15, 0.2) is 11.0 Å². The van der Waals surface area contributed by atoms with Crippen molar-refractivity contribution in [2.75, 3.05) is 13.2 Å². The van der Waals surface area contributed by atoms with Crippen LogP contribution in [-0.2, 0) is 4.74 Å². The predicted molar refractivity (Wildman–Crippen MR) is 48.0 cm³/mol. The molecule has 0 radical (unpaired) electrons. The van der Waals surface area contributed by atoms with Gasteiger partial charge in [-0.25, -0.2) is 9.78 Å². The lowest BCUT2D eigenvalue weighted by atomic mass is 10.0. The van der Waals surface area contributed by atoms with Gasteiger partial charge >= 0.3 is 5.69 Å². The predicted octanol–water partition coefficient (Wildman–Crippen LogP) is 0.927. The molecule has 0 amide bonds. The number of nitrogens with one attached hydrogen (secondary N) is 1. The molecule has 2 rings (SSSR count). The zero-order valence-electron chi connectivity index (χ0n) is 6.92. The first kappa shape index (κ1) is 8.72. The lowest BCUT2D eigenvalue weighted by Crippen LogP contribution is -2.12. The topological polar surface area (TPSA) is 55.0 Å². The van der Waals surface area contributed by atoms with E-state index in [1.807, 2.05) is 0 Å². The van der Waals surface area contributed by atoms with Crippen LogP contribution >= 0.6 is 11.6 Å². The molecule has 1 saturated heterocycles. The first-order valence-electron chi connectivity index (χ1n) is 4.10. The van der Waals surface area contributed by atoms with Gasteiger partial charge in [0.1, 0.15) is 5.15 Å². The van der Waals surface area contributed by atoms with E-state index >= 15 is 0 Å². The number of hydrogen-bond acceptors (Lipinski definition) is 3. The Bertz CT molecular complexity index is 357. The van der Waals surface area contributed by atoms with Crippen LogP contribution in [0.4, 0.5) is 0 Å². The highest BCUT2D eigenvalue weighted by Crippen LogP contribution is 2.27. The fraction of sp³-hybridized carbons (Fsp3) is 0.500. The zero-order valence-corrected chi connectivity index (χ0v) is 7.67. The largest absolute Gasteiger partial charge is 0.381 e. The van der Waals surface area contributed by atoms with Crippen molar-refractivity contribution in [3.8, 4) is 0 Å². The van der Waals surface area contributed by atoms with E-state index in [1.165, 1.54) is 6.20 Å². The number of rotatable bonds is 1. The molecule has 1 aliphatic heterocycles. The lowest BCUT2D eigenvalue weighted by Gasteiger charge is -2.07. The Morgan fingerprint density at radius 1 is 1.69 bits per heavy atom. The number of aromatic nitrogens is 2. The van der Waals surface area contributed by atoms with E-state index in [4.69, 9.17) is 16.3 Å². The minimum atomic E-state index is -0.410. The van der Waals surface area contributed by atoms with Crippen LogP contribution in [0.3, 0.4) is 0 Å². The number of hydrogen-bond donors (Lipinski definition) is 1. The van der Waals surface area contributed by atoms with Gasteiger partial charge in [-0.15, -0.1) is 0 Å². The number of ether oxygens (including phenoxy) is 1. The van der Waals surface area contributed by atoms with Gasteiger partial charge in [0.25, 0.3) is 0 Å². The van der Waals surface area contributed by atoms with Crippen molar-refractivity contribution in [2.45, 2.75) is 12.3 Å². The Balaban J connectivity index is 2.34. The van der Waals surface area contributed by atoms with Crippen molar-refractivity contribution in [3.63, 3.8) is 0 Å². The van der Waals surface area contributed by atoms with E-state index in [-0.39, 0.29) is 5.92 Å². The zero-order chi connectivity index (χ0) is 9.26. The van der Waals surface area contributed by atoms with E-state index in [0.29, 0.717) is 11.8 Å². The quantitative estimate of drug-likeness (QED) is 0.687. The van der Waals surface area contributed by atoms with Crippen LogP contribution < -0.4 is 5.69 Å². The number of aromatic amines is 1. The van der Waals surface area contributed by atoms with Gasteiger partial charge < -0.3 is 4.74 Å². The summed E-state index contributed by atoms with van der Waals surface area (Å²) in [5.74, 6) is 0.275. The molecule has 1 aromatic heterocycles. The van der Waals surface area contributed by atoms with Crippen molar-refractivity contribution in [1.29, 1.82) is 0 Å². The third-order valence-electron chi connectivity index (χ3n) is 2.16. The molecule has 1 N–H and O–H groups in total. The summed E-state index contributed by atoms with van der Waals surface area (Å²) in [7, 11) is 0. The van der Waals surface area contributed by atoms with Crippen LogP contribution in [-0.4, -0.2) is 23.2 Å². The van der Waals surface area contributed by atoms with Crippen LogP contribution in [0.2, 0.25) is 5.15 Å². The Labute approximate surface area is 79.9 Å². The van der Waals surface area contributed by atoms with Crippen LogP contribution in [0.1, 0.15) is 17.9 Å². The van der Waals surface area contributed by atoms with Crippen molar-refractivity contribution in [3.05, 3.63) is 27.4 Å². The normalized spacial score (nSPS) is 22.1. The van der Waals surface area contributed by atoms with Crippen LogP contribution in [0.5, 0.6) is 0 Å². The number of halogens is 1. The molecule has 4 nitrogen and oxygen atoms in total. The lowest BCUT2D eigenvalue weighted by molar-refractivity contribution is 0.194. The maximum absolute atomic E-state index is 10.8. The molecule has 1 atom stereocenters. The van der Waals surface area contributed by atoms with Crippen molar-refractivity contribution in [1.82, 2.24) is 9.97 Å². The van der Waals surface area contributed by atoms with Gasteiger partial charge in [-0.2, -0.15) is 0 Å². The smallest absolute Gasteiger partial charge is 0.346 e. The molecule has 1 fully saturated rings. The van der Waals surface area contributed by atoms with Gasteiger partial charge in [0.2, 0.25) is 0 Å². The first-order valence-corrected chi connectivity index (χ1v) is 4.47. The van der Waals surface area contributed by atoms with E-state index in [0.717, 1.165) is 18.6 Å². The van der Waals surface area contributed by atoms with Gasteiger partial charge in [0.05, 0.1) is 6.61 Å². The Hall–Kier alpha value is -0.870. The molecule has 70 valence electrons. The molecule has 13 heavy (non-hydrogen) atoms. The summed E-state index contributed by atoms with van der Waals surface area (Å²) in [6.07, 6.45) is 2.47. The molecule has 1 aromatic rings. The monoisotopic (exact) mass is 200 g/mol. The molecule has 0 aromatic carbocycles. The third-order valence-corrected chi connectivity index (χ3v) is 2.47. The van der Waals surface area contributed by atoms with Crippen molar-refractivity contribution < 1.29 is 4.74 Å². The van der Waals surface area contributed by atoms with E-state index in [2.05, 4.69) is 9.97 Å². The summed E-state index contributed by atoms with van der Waals surface area (Å²) in [6, 6.07) is 0. The molecule has 0 bridgehead atoms. The highest BCUT2D eigenvalue weighted by Gasteiger charge is 2.20. The SMILES string of the molecule is O=c1ncc(C2CCOC2)c(Cl)[nH]1. The average molecular weight is 201 g/mol. The average Bonchev–Trinajstić information content (AvgIpc) is 2.56. The fourth-order valence-electron chi connectivity index (χ4n) is 1.45. The van der Waals surface area contributed by atoms with E-state index in [1.54, 1.807) is 0 Å². The molecule has 2 heterocycles. The summed E-state index contributed by atoms with van der Waals surface area (Å²) in [5.41, 5.74) is 0.464. The summed E-state index contributed by atoms with van der Waals surface area (Å²) in [5, 5.41) is 0.385.